The lowest BCUT2D eigenvalue weighted by molar-refractivity contribution is -0.133. The number of likely N-dealkylation sites (tertiary alicyclic amines) is 1. The highest BCUT2D eigenvalue weighted by Gasteiger charge is 2.32. The van der Waals surface area contributed by atoms with Crippen LogP contribution in [0.1, 0.15) is 26.7 Å². The van der Waals surface area contributed by atoms with Gasteiger partial charge in [-0.05, 0) is 26.1 Å². The fourth-order valence-electron chi connectivity index (χ4n) is 1.11. The summed E-state index contributed by atoms with van der Waals surface area (Å²) in [5.74, 6) is -0.411. The van der Waals surface area contributed by atoms with Crippen LogP contribution in [0.15, 0.2) is 0 Å². The van der Waals surface area contributed by atoms with Crippen LogP contribution < -0.4 is 5.32 Å². The van der Waals surface area contributed by atoms with E-state index in [9.17, 15) is 9.59 Å². The predicted molar refractivity (Wildman–Crippen MR) is 52.0 cm³/mol. The van der Waals surface area contributed by atoms with E-state index in [1.165, 1.54) is 0 Å². The van der Waals surface area contributed by atoms with Crippen molar-refractivity contribution in [1.29, 1.82) is 0 Å². The zero-order valence-corrected chi connectivity index (χ0v) is 8.48. The maximum Gasteiger partial charge on any atom is 0.236 e. The molecule has 1 heterocycles. The normalized spacial score (nSPS) is 17.0. The molecule has 0 atom stereocenters. The molecule has 0 bridgehead atoms. The highest BCUT2D eigenvalue weighted by Crippen LogP contribution is 2.11. The molecule has 5 heteroatoms. The largest absolute Gasteiger partial charge is 0.360 e. The second-order valence-corrected chi connectivity index (χ2v) is 3.61. The minimum Gasteiger partial charge on any atom is -0.360 e. The predicted octanol–water partition coefficient (Wildman–Crippen LogP) is 0.418. The number of nitrogens with zero attached hydrogens (tertiary/aromatic N) is 1. The van der Waals surface area contributed by atoms with Gasteiger partial charge in [0.05, 0.1) is 0 Å². The molecular weight excluding hydrogens is 188 g/mol. The molecule has 1 fully saturated rings. The van der Waals surface area contributed by atoms with Gasteiger partial charge < -0.3 is 5.32 Å². The SMILES string of the molecule is CC(C)NC(=S)N1C(=O)CCC1=O. The van der Waals surface area contributed by atoms with Crippen molar-refractivity contribution in [2.75, 3.05) is 0 Å². The first-order chi connectivity index (χ1) is 6.02. The van der Waals surface area contributed by atoms with Crippen molar-refractivity contribution in [2.24, 2.45) is 0 Å². The molecule has 0 saturated carbocycles. The van der Waals surface area contributed by atoms with Crippen molar-refractivity contribution in [3.63, 3.8) is 0 Å². The zero-order valence-electron chi connectivity index (χ0n) is 7.66. The topological polar surface area (TPSA) is 49.4 Å². The first-order valence-corrected chi connectivity index (χ1v) is 4.59. The number of hydrogen-bond acceptors (Lipinski definition) is 3. The zero-order chi connectivity index (χ0) is 10.0. The van der Waals surface area contributed by atoms with Crippen LogP contribution in [0.4, 0.5) is 0 Å². The van der Waals surface area contributed by atoms with E-state index in [0.29, 0.717) is 0 Å². The van der Waals surface area contributed by atoms with E-state index < -0.39 is 0 Å². The van der Waals surface area contributed by atoms with E-state index in [-0.39, 0.29) is 35.8 Å². The molecule has 0 radical (unpaired) electrons. The van der Waals surface area contributed by atoms with Crippen molar-refractivity contribution in [3.8, 4) is 0 Å². The Hall–Kier alpha value is -0.970. The van der Waals surface area contributed by atoms with Crippen LogP contribution in [0, 0.1) is 0 Å². The number of carbonyl (C=O) groups excluding carboxylic acids is 2. The first-order valence-electron chi connectivity index (χ1n) is 4.18. The van der Waals surface area contributed by atoms with Gasteiger partial charge in [0.25, 0.3) is 0 Å². The minimum absolute atomic E-state index is 0.133. The van der Waals surface area contributed by atoms with Gasteiger partial charge in [-0.15, -0.1) is 0 Å². The quantitative estimate of drug-likeness (QED) is 0.492. The molecule has 2 amide bonds. The van der Waals surface area contributed by atoms with Crippen LogP contribution in [0.3, 0.4) is 0 Å². The van der Waals surface area contributed by atoms with E-state index in [0.717, 1.165) is 4.90 Å². The number of hydrogen-bond donors (Lipinski definition) is 1. The second kappa shape index (κ2) is 3.83. The van der Waals surface area contributed by atoms with E-state index in [4.69, 9.17) is 12.2 Å². The summed E-state index contributed by atoms with van der Waals surface area (Å²) in [5, 5.41) is 3.09. The molecular formula is C8H12N2O2S. The Balaban J connectivity index is 2.65. The summed E-state index contributed by atoms with van der Waals surface area (Å²) in [6, 6.07) is 0.133. The third kappa shape index (κ3) is 2.24. The standard InChI is InChI=1S/C8H12N2O2S/c1-5(2)9-8(13)10-6(11)3-4-7(10)12/h5H,3-4H2,1-2H3,(H,9,13). The van der Waals surface area contributed by atoms with Crippen molar-refractivity contribution in [2.45, 2.75) is 32.7 Å². The van der Waals surface area contributed by atoms with E-state index in [1.807, 2.05) is 13.8 Å². The number of rotatable bonds is 1. The van der Waals surface area contributed by atoms with Gasteiger partial charge in [0.1, 0.15) is 0 Å². The lowest BCUT2D eigenvalue weighted by atomic mass is 10.4. The Morgan fingerprint density at radius 2 is 1.85 bits per heavy atom. The van der Waals surface area contributed by atoms with Crippen molar-refractivity contribution >= 4 is 29.1 Å². The highest BCUT2D eigenvalue weighted by molar-refractivity contribution is 7.80. The van der Waals surface area contributed by atoms with E-state index in [2.05, 4.69) is 5.32 Å². The van der Waals surface area contributed by atoms with Crippen molar-refractivity contribution < 1.29 is 9.59 Å². The molecule has 72 valence electrons. The Morgan fingerprint density at radius 3 is 2.23 bits per heavy atom. The van der Waals surface area contributed by atoms with Crippen LogP contribution in [0.25, 0.3) is 0 Å². The van der Waals surface area contributed by atoms with Gasteiger partial charge in [0.15, 0.2) is 5.11 Å². The number of nitrogens with one attached hydrogen (secondary N) is 1. The van der Waals surface area contributed by atoms with Gasteiger partial charge >= 0.3 is 0 Å². The van der Waals surface area contributed by atoms with Gasteiger partial charge in [0, 0.05) is 18.9 Å². The Morgan fingerprint density at radius 1 is 1.38 bits per heavy atom. The van der Waals surface area contributed by atoms with Gasteiger partial charge in [0.2, 0.25) is 11.8 Å². The second-order valence-electron chi connectivity index (χ2n) is 3.23. The molecule has 1 saturated heterocycles. The molecule has 0 aromatic heterocycles. The maximum atomic E-state index is 11.2. The van der Waals surface area contributed by atoms with Gasteiger partial charge in [-0.25, -0.2) is 4.90 Å². The average Bonchev–Trinajstić information content (AvgIpc) is 2.29. The molecule has 1 aliphatic heterocycles. The highest BCUT2D eigenvalue weighted by atomic mass is 32.1. The maximum absolute atomic E-state index is 11.2. The van der Waals surface area contributed by atoms with E-state index >= 15 is 0 Å². The smallest absolute Gasteiger partial charge is 0.236 e. The monoisotopic (exact) mass is 200 g/mol. The molecule has 0 unspecified atom stereocenters. The first kappa shape index (κ1) is 10.1. The summed E-state index contributed by atoms with van der Waals surface area (Å²) < 4.78 is 0. The number of carbonyl (C=O) groups is 2. The third-order valence-corrected chi connectivity index (χ3v) is 1.97. The van der Waals surface area contributed by atoms with Crippen molar-refractivity contribution in [1.82, 2.24) is 10.2 Å². The summed E-state index contributed by atoms with van der Waals surface area (Å²) in [4.78, 5) is 23.4. The molecule has 0 spiro atoms. The van der Waals surface area contributed by atoms with Crippen LogP contribution in [0.2, 0.25) is 0 Å². The van der Waals surface area contributed by atoms with Crippen LogP contribution in [0.5, 0.6) is 0 Å². The molecule has 0 aromatic carbocycles. The van der Waals surface area contributed by atoms with Crippen LogP contribution in [-0.2, 0) is 9.59 Å². The van der Waals surface area contributed by atoms with Gasteiger partial charge in [-0.2, -0.15) is 0 Å². The molecule has 1 aliphatic rings. The fourth-order valence-corrected chi connectivity index (χ4v) is 1.55. The lowest BCUT2D eigenvalue weighted by Gasteiger charge is -2.18. The van der Waals surface area contributed by atoms with Crippen molar-refractivity contribution in [3.05, 3.63) is 0 Å². The lowest BCUT2D eigenvalue weighted by Crippen LogP contribution is -2.45. The van der Waals surface area contributed by atoms with Crippen LogP contribution >= 0.6 is 12.2 Å². The molecule has 13 heavy (non-hydrogen) atoms. The fraction of sp³-hybridized carbons (Fsp3) is 0.625. The average molecular weight is 200 g/mol. The summed E-state index contributed by atoms with van der Waals surface area (Å²) in [5.41, 5.74) is 0. The van der Waals surface area contributed by atoms with Gasteiger partial charge in [-0.3, -0.25) is 9.59 Å². The number of amides is 2. The van der Waals surface area contributed by atoms with E-state index in [1.54, 1.807) is 0 Å². The number of imide groups is 1. The van der Waals surface area contributed by atoms with Gasteiger partial charge in [-0.1, -0.05) is 0 Å². The molecule has 0 aromatic rings. The Labute approximate surface area is 82.3 Å². The molecule has 1 rings (SSSR count). The summed E-state index contributed by atoms with van der Waals surface area (Å²) in [7, 11) is 0. The third-order valence-electron chi connectivity index (χ3n) is 1.67. The molecule has 1 N–H and O–H groups in total. The summed E-state index contributed by atoms with van der Waals surface area (Å²) in [6.07, 6.45) is 0.553. The molecule has 0 aliphatic carbocycles. The Bertz CT molecular complexity index is 247. The minimum atomic E-state index is -0.205. The number of thiocarbonyl (C=S) groups is 1. The Kier molecular flexibility index (Phi) is 2.98. The summed E-state index contributed by atoms with van der Waals surface area (Å²) in [6.45, 7) is 3.80. The van der Waals surface area contributed by atoms with Crippen LogP contribution in [-0.4, -0.2) is 27.9 Å². The summed E-state index contributed by atoms with van der Waals surface area (Å²) >= 11 is 4.92. The molecule has 4 nitrogen and oxygen atoms in total.